The molecular formula is C11H11NO3. The van der Waals surface area contributed by atoms with Gasteiger partial charge in [0.2, 0.25) is 12.8 Å². The monoisotopic (exact) mass is 205 g/mol. The van der Waals surface area contributed by atoms with E-state index in [-0.39, 0.29) is 12.3 Å². The molecule has 0 aliphatic carbocycles. The SMILES string of the molecule is Cc1ccccc1C(=O)CN(C=O)C=O. The van der Waals surface area contributed by atoms with Crippen molar-refractivity contribution in [1.82, 2.24) is 4.90 Å². The van der Waals surface area contributed by atoms with Crippen molar-refractivity contribution >= 4 is 18.6 Å². The molecule has 2 amide bonds. The Balaban J connectivity index is 2.81. The van der Waals surface area contributed by atoms with Crippen LogP contribution in [0.15, 0.2) is 24.3 Å². The number of carbonyl (C=O) groups excluding carboxylic acids is 3. The second kappa shape index (κ2) is 5.05. The van der Waals surface area contributed by atoms with Crippen molar-refractivity contribution in [2.45, 2.75) is 6.92 Å². The van der Waals surface area contributed by atoms with Crippen molar-refractivity contribution in [3.05, 3.63) is 35.4 Å². The van der Waals surface area contributed by atoms with Gasteiger partial charge in [-0.05, 0) is 12.5 Å². The zero-order valence-corrected chi connectivity index (χ0v) is 8.34. The Hall–Kier alpha value is -1.97. The molecule has 0 atom stereocenters. The van der Waals surface area contributed by atoms with Gasteiger partial charge in [0.15, 0.2) is 5.78 Å². The molecule has 15 heavy (non-hydrogen) atoms. The van der Waals surface area contributed by atoms with E-state index < -0.39 is 0 Å². The first-order valence-corrected chi connectivity index (χ1v) is 4.44. The second-order valence-electron chi connectivity index (χ2n) is 3.12. The number of benzene rings is 1. The Morgan fingerprint density at radius 2 is 1.87 bits per heavy atom. The van der Waals surface area contributed by atoms with Gasteiger partial charge in [0.1, 0.15) is 0 Å². The molecule has 0 aliphatic rings. The molecule has 1 aromatic carbocycles. The molecule has 78 valence electrons. The molecule has 0 saturated heterocycles. The number of imide groups is 1. The summed E-state index contributed by atoms with van der Waals surface area (Å²) in [4.78, 5) is 33.1. The summed E-state index contributed by atoms with van der Waals surface area (Å²) < 4.78 is 0. The molecule has 0 radical (unpaired) electrons. The summed E-state index contributed by atoms with van der Waals surface area (Å²) in [6.45, 7) is 1.59. The molecule has 4 nitrogen and oxygen atoms in total. The van der Waals surface area contributed by atoms with E-state index in [1.165, 1.54) is 0 Å². The number of carbonyl (C=O) groups is 3. The lowest BCUT2D eigenvalue weighted by Crippen LogP contribution is -2.27. The van der Waals surface area contributed by atoms with Crippen LogP contribution in [0.1, 0.15) is 15.9 Å². The number of nitrogens with zero attached hydrogens (tertiary/aromatic N) is 1. The van der Waals surface area contributed by atoms with Gasteiger partial charge < -0.3 is 0 Å². The highest BCUT2D eigenvalue weighted by Gasteiger charge is 2.11. The third-order valence-corrected chi connectivity index (χ3v) is 2.04. The van der Waals surface area contributed by atoms with Crippen molar-refractivity contribution in [2.75, 3.05) is 6.54 Å². The molecule has 0 bridgehead atoms. The molecule has 0 aliphatic heterocycles. The predicted octanol–water partition coefficient (Wildman–Crippen LogP) is 0.793. The number of Topliss-reactive ketones (excluding diaryl/α,β-unsaturated/α-hetero) is 1. The van der Waals surface area contributed by atoms with E-state index >= 15 is 0 Å². The van der Waals surface area contributed by atoms with Crippen molar-refractivity contribution in [2.24, 2.45) is 0 Å². The third-order valence-electron chi connectivity index (χ3n) is 2.04. The van der Waals surface area contributed by atoms with Crippen LogP contribution in [0.3, 0.4) is 0 Å². The highest BCUT2D eigenvalue weighted by Crippen LogP contribution is 2.07. The van der Waals surface area contributed by atoms with Crippen molar-refractivity contribution < 1.29 is 14.4 Å². The van der Waals surface area contributed by atoms with E-state index in [4.69, 9.17) is 0 Å². The Kier molecular flexibility index (Phi) is 3.74. The lowest BCUT2D eigenvalue weighted by Gasteiger charge is -2.08. The molecule has 1 rings (SSSR count). The molecule has 1 aromatic rings. The fraction of sp³-hybridized carbons (Fsp3) is 0.182. The maximum atomic E-state index is 11.6. The molecule has 0 aromatic heterocycles. The van der Waals surface area contributed by atoms with Gasteiger partial charge in [-0.25, -0.2) is 0 Å². The van der Waals surface area contributed by atoms with Gasteiger partial charge >= 0.3 is 0 Å². The maximum absolute atomic E-state index is 11.6. The van der Waals surface area contributed by atoms with Crippen LogP contribution in [0, 0.1) is 6.92 Å². The number of hydrogen-bond donors (Lipinski definition) is 0. The lowest BCUT2D eigenvalue weighted by atomic mass is 10.0. The number of hydrogen-bond acceptors (Lipinski definition) is 3. The zero-order chi connectivity index (χ0) is 11.3. The molecule has 0 fully saturated rings. The first-order chi connectivity index (χ1) is 7.19. The van der Waals surface area contributed by atoms with E-state index in [0.29, 0.717) is 18.4 Å². The minimum Gasteiger partial charge on any atom is -0.292 e. The van der Waals surface area contributed by atoms with Crippen LogP contribution in [0.25, 0.3) is 0 Å². The fourth-order valence-corrected chi connectivity index (χ4v) is 1.24. The molecule has 0 spiro atoms. The van der Waals surface area contributed by atoms with E-state index in [0.717, 1.165) is 10.5 Å². The van der Waals surface area contributed by atoms with Gasteiger partial charge in [-0.15, -0.1) is 0 Å². The number of ketones is 1. The molecule has 0 saturated carbocycles. The summed E-state index contributed by atoms with van der Waals surface area (Å²) >= 11 is 0. The van der Waals surface area contributed by atoms with Crippen LogP contribution in [-0.4, -0.2) is 30.0 Å². The van der Waals surface area contributed by atoms with Crippen LogP contribution in [0.2, 0.25) is 0 Å². The zero-order valence-electron chi connectivity index (χ0n) is 8.34. The molecule has 0 heterocycles. The summed E-state index contributed by atoms with van der Waals surface area (Å²) in [5, 5.41) is 0. The summed E-state index contributed by atoms with van der Waals surface area (Å²) in [5.41, 5.74) is 1.37. The van der Waals surface area contributed by atoms with Gasteiger partial charge in [-0.3, -0.25) is 19.3 Å². The lowest BCUT2D eigenvalue weighted by molar-refractivity contribution is -0.128. The van der Waals surface area contributed by atoms with E-state index in [1.54, 1.807) is 25.1 Å². The predicted molar refractivity (Wildman–Crippen MR) is 54.3 cm³/mol. The Morgan fingerprint density at radius 3 is 2.40 bits per heavy atom. The summed E-state index contributed by atoms with van der Waals surface area (Å²) in [5.74, 6) is -0.243. The average Bonchev–Trinajstić information content (AvgIpc) is 2.26. The van der Waals surface area contributed by atoms with Crippen LogP contribution < -0.4 is 0 Å². The minimum atomic E-state index is -0.243. The Morgan fingerprint density at radius 1 is 1.27 bits per heavy atom. The van der Waals surface area contributed by atoms with Crippen LogP contribution in [0.5, 0.6) is 0 Å². The quantitative estimate of drug-likeness (QED) is 0.527. The van der Waals surface area contributed by atoms with Crippen LogP contribution in [0.4, 0.5) is 0 Å². The second-order valence-corrected chi connectivity index (χ2v) is 3.12. The highest BCUT2D eigenvalue weighted by molar-refractivity contribution is 6.00. The van der Waals surface area contributed by atoms with E-state index in [9.17, 15) is 14.4 Å². The number of rotatable bonds is 5. The minimum absolute atomic E-state index is 0.210. The van der Waals surface area contributed by atoms with Gasteiger partial charge in [0, 0.05) is 5.56 Å². The topological polar surface area (TPSA) is 54.5 Å². The average molecular weight is 205 g/mol. The molecule has 0 unspecified atom stereocenters. The summed E-state index contributed by atoms with van der Waals surface area (Å²) in [6.07, 6.45) is 0.673. The molecular weight excluding hydrogens is 194 g/mol. The summed E-state index contributed by atoms with van der Waals surface area (Å²) in [7, 11) is 0. The highest BCUT2D eigenvalue weighted by atomic mass is 16.2. The molecule has 4 heteroatoms. The van der Waals surface area contributed by atoms with Crippen molar-refractivity contribution in [3.63, 3.8) is 0 Å². The third kappa shape index (κ3) is 2.74. The Labute approximate surface area is 87.5 Å². The van der Waals surface area contributed by atoms with Crippen molar-refractivity contribution in [1.29, 1.82) is 0 Å². The fourth-order valence-electron chi connectivity index (χ4n) is 1.24. The standard InChI is InChI=1S/C11H11NO3/c1-9-4-2-3-5-10(9)11(15)6-12(7-13)8-14/h2-5,7-8H,6H2,1H3. The van der Waals surface area contributed by atoms with E-state index in [2.05, 4.69) is 0 Å². The Bertz CT molecular complexity index is 379. The van der Waals surface area contributed by atoms with Gasteiger partial charge in [0.25, 0.3) is 0 Å². The van der Waals surface area contributed by atoms with Gasteiger partial charge in [-0.1, -0.05) is 24.3 Å². The van der Waals surface area contributed by atoms with E-state index in [1.807, 2.05) is 6.07 Å². The van der Waals surface area contributed by atoms with Gasteiger partial charge in [-0.2, -0.15) is 0 Å². The number of aryl methyl sites for hydroxylation is 1. The largest absolute Gasteiger partial charge is 0.292 e. The molecule has 0 N–H and O–H groups in total. The van der Waals surface area contributed by atoms with Crippen molar-refractivity contribution in [3.8, 4) is 0 Å². The summed E-state index contributed by atoms with van der Waals surface area (Å²) in [6, 6.07) is 7.04. The van der Waals surface area contributed by atoms with Crippen LogP contribution >= 0.6 is 0 Å². The first kappa shape index (κ1) is 11.1. The van der Waals surface area contributed by atoms with Gasteiger partial charge in [0.05, 0.1) is 6.54 Å². The number of amides is 2. The van der Waals surface area contributed by atoms with Crippen LogP contribution in [-0.2, 0) is 9.59 Å². The maximum Gasteiger partial charge on any atom is 0.216 e. The normalized spacial score (nSPS) is 9.40. The smallest absolute Gasteiger partial charge is 0.216 e. The first-order valence-electron chi connectivity index (χ1n) is 4.44.